The van der Waals surface area contributed by atoms with Gasteiger partial charge in [0, 0.05) is 11.1 Å². The Morgan fingerprint density at radius 3 is 2.52 bits per heavy atom. The van der Waals surface area contributed by atoms with Crippen molar-refractivity contribution in [2.24, 2.45) is 16.0 Å². The fraction of sp³-hybridized carbons (Fsp3) is 0.294. The van der Waals surface area contributed by atoms with E-state index in [9.17, 15) is 13.8 Å². The standard InChI is InChI=1S/C17H21ClN4O3S2/c1-11(2)8-14(19)16(23)21-27(25,15-9-12(18)10-26-15)22-17(24)20-13-6-4-3-5-7-13/h3-7,9-11,14H,8,19H2,1-2H3,(H2,20,21,22,23,24,25). The summed E-state index contributed by atoms with van der Waals surface area (Å²) in [5.74, 6) is -0.570. The fourth-order valence-electron chi connectivity index (χ4n) is 2.17. The summed E-state index contributed by atoms with van der Waals surface area (Å²) in [4.78, 5) is 24.6. The summed E-state index contributed by atoms with van der Waals surface area (Å²) >= 11 is 6.94. The van der Waals surface area contributed by atoms with Gasteiger partial charge < -0.3 is 11.1 Å². The number of rotatable bonds is 6. The topological polar surface area (TPSA) is 114 Å². The number of amides is 3. The number of nitrogens with two attached hydrogens (primary N) is 1. The molecule has 7 nitrogen and oxygen atoms in total. The van der Waals surface area contributed by atoms with Crippen molar-refractivity contribution >= 4 is 50.5 Å². The normalized spacial score (nSPS) is 14.3. The van der Waals surface area contributed by atoms with Crippen molar-refractivity contribution in [3.8, 4) is 0 Å². The zero-order valence-corrected chi connectivity index (χ0v) is 17.2. The number of anilines is 1. The molecule has 0 aliphatic rings. The van der Waals surface area contributed by atoms with Crippen molar-refractivity contribution in [1.29, 1.82) is 0 Å². The molecule has 2 aromatic rings. The molecule has 2 atom stereocenters. The van der Waals surface area contributed by atoms with Gasteiger partial charge in [-0.3, -0.25) is 4.79 Å². The molecule has 146 valence electrons. The fourth-order valence-corrected chi connectivity index (χ4v) is 5.15. The lowest BCUT2D eigenvalue weighted by Crippen LogP contribution is -2.37. The molecular weight excluding hydrogens is 408 g/mol. The van der Waals surface area contributed by atoms with E-state index in [0.29, 0.717) is 17.1 Å². The van der Waals surface area contributed by atoms with Crippen LogP contribution < -0.4 is 15.8 Å². The van der Waals surface area contributed by atoms with Gasteiger partial charge in [0.15, 0.2) is 9.92 Å². The number of nitrogens with one attached hydrogen (secondary N) is 2. The molecule has 0 saturated carbocycles. The van der Waals surface area contributed by atoms with E-state index in [2.05, 4.69) is 14.4 Å². The molecule has 0 bridgehead atoms. The molecule has 1 heterocycles. The third-order valence-electron chi connectivity index (χ3n) is 3.34. The number of nitrogens with zero attached hydrogens (tertiary/aromatic N) is 1. The third kappa shape index (κ3) is 6.31. The molecule has 2 rings (SSSR count). The molecule has 0 saturated heterocycles. The molecule has 0 aliphatic heterocycles. The van der Waals surface area contributed by atoms with Gasteiger partial charge in [-0.15, -0.1) is 15.7 Å². The van der Waals surface area contributed by atoms with E-state index in [-0.39, 0.29) is 10.1 Å². The van der Waals surface area contributed by atoms with E-state index in [1.807, 2.05) is 13.8 Å². The zero-order valence-electron chi connectivity index (χ0n) is 14.8. The van der Waals surface area contributed by atoms with Crippen LogP contribution in [0.15, 0.2) is 50.4 Å². The highest BCUT2D eigenvalue weighted by Gasteiger charge is 2.23. The Morgan fingerprint density at radius 2 is 1.96 bits per heavy atom. The van der Waals surface area contributed by atoms with Crippen LogP contribution in [0.4, 0.5) is 10.5 Å². The first-order valence-corrected chi connectivity index (χ1v) is 10.9. The first-order chi connectivity index (χ1) is 12.7. The highest BCUT2D eigenvalue weighted by atomic mass is 35.5. The Balaban J connectivity index is 2.30. The minimum atomic E-state index is -3.58. The minimum absolute atomic E-state index is 0.167. The van der Waals surface area contributed by atoms with Crippen LogP contribution in [0.5, 0.6) is 0 Å². The largest absolute Gasteiger partial charge is 0.331 e. The molecule has 0 spiro atoms. The quantitative estimate of drug-likeness (QED) is 0.647. The Morgan fingerprint density at radius 1 is 1.30 bits per heavy atom. The number of thiophene rings is 1. The van der Waals surface area contributed by atoms with Crippen molar-refractivity contribution in [2.45, 2.75) is 30.5 Å². The molecule has 10 heteroatoms. The van der Waals surface area contributed by atoms with Crippen LogP contribution in [0.2, 0.25) is 5.02 Å². The number of carbonyl (C=O) groups is 2. The van der Waals surface area contributed by atoms with Crippen LogP contribution in [0.25, 0.3) is 0 Å². The molecule has 27 heavy (non-hydrogen) atoms. The van der Waals surface area contributed by atoms with E-state index in [1.54, 1.807) is 35.7 Å². The number of hydrogen-bond donors (Lipinski definition) is 3. The van der Waals surface area contributed by atoms with Crippen molar-refractivity contribution in [1.82, 2.24) is 4.72 Å². The maximum Gasteiger partial charge on any atom is 0.331 e. The van der Waals surface area contributed by atoms with Gasteiger partial charge in [0.05, 0.1) is 11.1 Å². The van der Waals surface area contributed by atoms with Crippen molar-refractivity contribution in [2.75, 3.05) is 5.32 Å². The molecule has 1 aromatic carbocycles. The maximum atomic E-state index is 13.3. The molecule has 0 aliphatic carbocycles. The number of benzene rings is 1. The smallest absolute Gasteiger partial charge is 0.320 e. The third-order valence-corrected chi connectivity index (χ3v) is 6.94. The summed E-state index contributed by atoms with van der Waals surface area (Å²) in [6.45, 7) is 3.82. The number of urea groups is 1. The van der Waals surface area contributed by atoms with E-state index in [0.717, 1.165) is 11.3 Å². The molecule has 3 amide bonds. The first-order valence-electron chi connectivity index (χ1n) is 8.14. The van der Waals surface area contributed by atoms with Gasteiger partial charge in [0.1, 0.15) is 4.21 Å². The van der Waals surface area contributed by atoms with Crippen LogP contribution >= 0.6 is 22.9 Å². The molecule has 4 N–H and O–H groups in total. The minimum Gasteiger partial charge on any atom is -0.320 e. The van der Waals surface area contributed by atoms with Crippen LogP contribution in [0, 0.1) is 5.92 Å². The number of carbonyl (C=O) groups excluding carboxylic acids is 2. The summed E-state index contributed by atoms with van der Waals surface area (Å²) in [7, 11) is -3.58. The predicted molar refractivity (Wildman–Crippen MR) is 109 cm³/mol. The van der Waals surface area contributed by atoms with Gasteiger partial charge in [-0.1, -0.05) is 43.6 Å². The van der Waals surface area contributed by atoms with E-state index >= 15 is 0 Å². The van der Waals surface area contributed by atoms with Crippen molar-refractivity contribution < 1.29 is 13.8 Å². The number of para-hydroxylation sites is 1. The van der Waals surface area contributed by atoms with E-state index < -0.39 is 27.9 Å². The van der Waals surface area contributed by atoms with Gasteiger partial charge in [0.2, 0.25) is 0 Å². The van der Waals surface area contributed by atoms with Crippen LogP contribution in [-0.2, 0) is 14.7 Å². The van der Waals surface area contributed by atoms with Crippen molar-refractivity contribution in [3.63, 3.8) is 0 Å². The monoisotopic (exact) mass is 428 g/mol. The summed E-state index contributed by atoms with van der Waals surface area (Å²) in [5.41, 5.74) is 6.35. The Bertz CT molecular complexity index is 921. The summed E-state index contributed by atoms with van der Waals surface area (Å²) < 4.78 is 19.6. The Kier molecular flexibility index (Phi) is 7.37. The lowest BCUT2D eigenvalue weighted by atomic mass is 10.0. The second kappa shape index (κ2) is 9.32. The number of hydrogen-bond acceptors (Lipinski definition) is 5. The Labute approximate surface area is 167 Å². The SMILES string of the molecule is CC(C)CC(N)C(=O)N=S(=O)(NC(=O)Nc1ccccc1)c1cc(Cl)cs1. The first kappa shape index (κ1) is 21.4. The second-order valence-corrected chi connectivity index (χ2v) is 9.68. The Hall–Kier alpha value is -1.94. The average molecular weight is 429 g/mol. The van der Waals surface area contributed by atoms with Crippen LogP contribution in [-0.4, -0.2) is 22.2 Å². The zero-order chi connectivity index (χ0) is 20.0. The van der Waals surface area contributed by atoms with Crippen LogP contribution in [0.1, 0.15) is 20.3 Å². The van der Waals surface area contributed by atoms with Crippen LogP contribution in [0.3, 0.4) is 0 Å². The van der Waals surface area contributed by atoms with Gasteiger partial charge in [-0.25, -0.2) is 13.7 Å². The molecule has 1 aromatic heterocycles. The summed E-state index contributed by atoms with van der Waals surface area (Å²) in [5, 5.41) is 4.43. The van der Waals surface area contributed by atoms with Gasteiger partial charge in [-0.05, 0) is 30.5 Å². The van der Waals surface area contributed by atoms with Gasteiger partial charge in [-0.2, -0.15) is 0 Å². The molecule has 0 radical (unpaired) electrons. The van der Waals surface area contributed by atoms with Gasteiger partial charge in [0.25, 0.3) is 5.91 Å². The van der Waals surface area contributed by atoms with Gasteiger partial charge >= 0.3 is 6.03 Å². The highest BCUT2D eigenvalue weighted by Crippen LogP contribution is 2.25. The molecule has 0 fully saturated rings. The van der Waals surface area contributed by atoms with Crippen molar-refractivity contribution in [3.05, 3.63) is 46.8 Å². The summed E-state index contributed by atoms with van der Waals surface area (Å²) in [6, 6.07) is 8.36. The van der Waals surface area contributed by atoms with E-state index in [4.69, 9.17) is 17.3 Å². The lowest BCUT2D eigenvalue weighted by Gasteiger charge is -2.14. The predicted octanol–water partition coefficient (Wildman–Crippen LogP) is 3.87. The van der Waals surface area contributed by atoms with E-state index in [1.165, 1.54) is 6.07 Å². The maximum absolute atomic E-state index is 13.3. The molecule has 2 unspecified atom stereocenters. The lowest BCUT2D eigenvalue weighted by molar-refractivity contribution is -0.119. The highest BCUT2D eigenvalue weighted by molar-refractivity contribution is 7.94. The number of halogens is 1. The second-order valence-electron chi connectivity index (χ2n) is 6.20. The molecular formula is C17H21ClN4O3S2. The summed E-state index contributed by atoms with van der Waals surface area (Å²) in [6.07, 6.45) is 0.388. The average Bonchev–Trinajstić information content (AvgIpc) is 3.02.